The van der Waals surface area contributed by atoms with Gasteiger partial charge in [-0.05, 0) is 48.0 Å². The molecule has 0 aliphatic heterocycles. The molecule has 0 saturated carbocycles. The van der Waals surface area contributed by atoms with Crippen LogP contribution < -0.4 is 10.0 Å². The molecule has 0 fully saturated rings. The van der Waals surface area contributed by atoms with Gasteiger partial charge in [-0.1, -0.05) is 29.8 Å². The fourth-order valence-corrected chi connectivity index (χ4v) is 3.69. The summed E-state index contributed by atoms with van der Waals surface area (Å²) in [6.45, 7) is 0. The van der Waals surface area contributed by atoms with Crippen LogP contribution in [0.4, 0.5) is 37.7 Å². The minimum absolute atomic E-state index is 0.0577. The summed E-state index contributed by atoms with van der Waals surface area (Å²) >= 11 is 5.96. The van der Waals surface area contributed by atoms with E-state index in [0.717, 1.165) is 30.3 Å². The van der Waals surface area contributed by atoms with Crippen LogP contribution in [0.1, 0.15) is 15.9 Å². The van der Waals surface area contributed by atoms with E-state index in [4.69, 9.17) is 11.6 Å². The largest absolute Gasteiger partial charge is 0.516 e. The average molecular weight is 539 g/mol. The molecule has 186 valence electrons. The smallest absolute Gasteiger partial charge is 0.506 e. The van der Waals surface area contributed by atoms with E-state index in [1.54, 1.807) is 0 Å². The highest BCUT2D eigenvalue weighted by Crippen LogP contribution is 2.36. The molecule has 3 aromatic rings. The molecule has 0 aliphatic carbocycles. The zero-order valence-electron chi connectivity index (χ0n) is 17.0. The molecule has 0 bridgehead atoms. The van der Waals surface area contributed by atoms with E-state index in [1.165, 1.54) is 35.1 Å². The number of carbonyl (C=O) groups is 1. The fourth-order valence-electron chi connectivity index (χ4n) is 2.83. The van der Waals surface area contributed by atoms with E-state index in [1.807, 2.05) is 0 Å². The number of phenols is 1. The van der Waals surface area contributed by atoms with E-state index < -0.39 is 44.6 Å². The third-order valence-electron chi connectivity index (χ3n) is 4.56. The maximum atomic E-state index is 12.8. The van der Waals surface area contributed by atoms with Gasteiger partial charge in [-0.2, -0.15) is 34.8 Å². The van der Waals surface area contributed by atoms with Crippen LogP contribution in [0.5, 0.6) is 5.75 Å². The van der Waals surface area contributed by atoms with E-state index in [2.05, 4.69) is 5.32 Å². The van der Waals surface area contributed by atoms with Crippen molar-refractivity contribution in [2.45, 2.75) is 11.7 Å². The summed E-state index contributed by atoms with van der Waals surface area (Å²) < 4.78 is 99.9. The normalized spacial score (nSPS) is 12.3. The second-order valence-electron chi connectivity index (χ2n) is 7.01. The van der Waals surface area contributed by atoms with Crippen LogP contribution >= 0.6 is 11.6 Å². The number of nitrogens with one attached hydrogen (secondary N) is 2. The minimum atomic E-state index is -5.81. The van der Waals surface area contributed by atoms with Crippen molar-refractivity contribution in [3.8, 4) is 16.9 Å². The van der Waals surface area contributed by atoms with Gasteiger partial charge in [-0.15, -0.1) is 0 Å². The van der Waals surface area contributed by atoms with E-state index in [0.29, 0.717) is 5.56 Å². The Morgan fingerprint density at radius 1 is 0.886 bits per heavy atom. The van der Waals surface area contributed by atoms with Crippen LogP contribution in [0, 0.1) is 0 Å². The summed E-state index contributed by atoms with van der Waals surface area (Å²) in [5.74, 6) is -1.56. The van der Waals surface area contributed by atoms with Crippen LogP contribution in [-0.2, 0) is 16.2 Å². The first-order valence-electron chi connectivity index (χ1n) is 9.29. The Kier molecular flexibility index (Phi) is 6.95. The Bertz CT molecular complexity index is 1370. The molecule has 35 heavy (non-hydrogen) atoms. The minimum Gasteiger partial charge on any atom is -0.506 e. The number of anilines is 2. The number of benzene rings is 3. The number of aromatic hydroxyl groups is 1. The fraction of sp³-hybridized carbons (Fsp3) is 0.0952. The van der Waals surface area contributed by atoms with Crippen LogP contribution in [-0.4, -0.2) is 24.9 Å². The number of halogens is 7. The first-order valence-corrected chi connectivity index (χ1v) is 11.2. The SMILES string of the molecule is O=C(Nc1ccc(O)c(NS(=O)(=O)C(F)(F)F)c1)c1ccc(-c2ccc(C(F)(F)F)cc2Cl)cc1. The first-order chi connectivity index (χ1) is 16.1. The Balaban J connectivity index is 1.78. The number of phenolic OH excluding ortho intramolecular Hbond substituents is 1. The number of hydrogen-bond donors (Lipinski definition) is 3. The summed E-state index contributed by atoms with van der Waals surface area (Å²) in [5.41, 5.74) is -6.75. The molecule has 0 spiro atoms. The standard InChI is InChI=1S/C21H13ClF6N2O4S/c22-16-9-13(20(23,24)25)5-7-15(16)11-1-3-12(4-2-11)19(32)29-14-6-8-18(31)17(10-14)30-35(33,34)21(26,27)28/h1-10,30-31H,(H,29,32). The summed E-state index contributed by atoms with van der Waals surface area (Å²) in [6.07, 6.45) is -4.56. The van der Waals surface area contributed by atoms with E-state index in [-0.39, 0.29) is 21.8 Å². The van der Waals surface area contributed by atoms with E-state index in [9.17, 15) is 44.7 Å². The zero-order valence-corrected chi connectivity index (χ0v) is 18.6. The molecule has 6 nitrogen and oxygen atoms in total. The van der Waals surface area contributed by atoms with Crippen LogP contribution in [0.15, 0.2) is 60.7 Å². The van der Waals surface area contributed by atoms with Gasteiger partial charge in [0.05, 0.1) is 11.3 Å². The number of alkyl halides is 6. The van der Waals surface area contributed by atoms with Gasteiger partial charge in [-0.25, -0.2) is 0 Å². The molecule has 14 heteroatoms. The third kappa shape index (κ3) is 5.98. The van der Waals surface area contributed by atoms with Crippen molar-refractivity contribution in [1.82, 2.24) is 0 Å². The summed E-state index contributed by atoms with van der Waals surface area (Å²) in [6, 6.07) is 11.1. The number of sulfonamides is 1. The monoisotopic (exact) mass is 538 g/mol. The molecule has 0 unspecified atom stereocenters. The van der Waals surface area contributed by atoms with Gasteiger partial charge in [0.2, 0.25) is 0 Å². The van der Waals surface area contributed by atoms with E-state index >= 15 is 0 Å². The van der Waals surface area contributed by atoms with Gasteiger partial charge in [-0.3, -0.25) is 9.52 Å². The molecule has 1 amide bonds. The summed E-state index contributed by atoms with van der Waals surface area (Å²) in [4.78, 5) is 12.5. The van der Waals surface area contributed by atoms with Crippen molar-refractivity contribution in [2.75, 3.05) is 10.0 Å². The van der Waals surface area contributed by atoms with Gasteiger partial charge in [0.1, 0.15) is 5.75 Å². The van der Waals surface area contributed by atoms with Crippen molar-refractivity contribution >= 4 is 38.9 Å². The Morgan fingerprint density at radius 2 is 1.51 bits per heavy atom. The van der Waals surface area contributed by atoms with Crippen molar-refractivity contribution in [1.29, 1.82) is 0 Å². The van der Waals surface area contributed by atoms with Crippen LogP contribution in [0.2, 0.25) is 5.02 Å². The Labute approximate surface area is 199 Å². The highest BCUT2D eigenvalue weighted by molar-refractivity contribution is 7.93. The lowest BCUT2D eigenvalue weighted by molar-refractivity contribution is -0.137. The number of carbonyl (C=O) groups excluding carboxylic acids is 1. The highest BCUT2D eigenvalue weighted by atomic mass is 35.5. The molecular formula is C21H13ClF6N2O4S. The quantitative estimate of drug-likeness (QED) is 0.203. The second-order valence-corrected chi connectivity index (χ2v) is 9.09. The van der Waals surface area contributed by atoms with Crippen molar-refractivity contribution in [2.24, 2.45) is 0 Å². The maximum absolute atomic E-state index is 12.8. The maximum Gasteiger partial charge on any atom is 0.516 e. The van der Waals surface area contributed by atoms with Gasteiger partial charge in [0.15, 0.2) is 0 Å². The molecule has 0 aliphatic rings. The average Bonchev–Trinajstić information content (AvgIpc) is 2.74. The van der Waals surface area contributed by atoms with Crippen LogP contribution in [0.25, 0.3) is 11.1 Å². The molecule has 3 aromatic carbocycles. The first kappa shape index (κ1) is 26.2. The summed E-state index contributed by atoms with van der Waals surface area (Å²) in [5, 5.41) is 11.8. The topological polar surface area (TPSA) is 95.5 Å². The van der Waals surface area contributed by atoms with Crippen molar-refractivity contribution < 1.29 is 44.7 Å². The molecule has 3 N–H and O–H groups in total. The molecule has 0 atom stereocenters. The van der Waals surface area contributed by atoms with Gasteiger partial charge in [0, 0.05) is 21.8 Å². The highest BCUT2D eigenvalue weighted by Gasteiger charge is 2.46. The molecule has 0 heterocycles. The van der Waals surface area contributed by atoms with Gasteiger partial charge < -0.3 is 10.4 Å². The molecular weight excluding hydrogens is 526 g/mol. The van der Waals surface area contributed by atoms with Gasteiger partial charge >= 0.3 is 21.7 Å². The zero-order chi connectivity index (χ0) is 26.2. The lowest BCUT2D eigenvalue weighted by Crippen LogP contribution is -2.30. The Morgan fingerprint density at radius 3 is 2.06 bits per heavy atom. The molecule has 3 rings (SSSR count). The number of rotatable bonds is 5. The lowest BCUT2D eigenvalue weighted by atomic mass is 10.0. The summed E-state index contributed by atoms with van der Waals surface area (Å²) in [7, 11) is -5.81. The molecule has 0 aromatic heterocycles. The van der Waals surface area contributed by atoms with Gasteiger partial charge in [0.25, 0.3) is 5.91 Å². The predicted octanol–water partition coefficient (Wildman–Crippen LogP) is 6.25. The predicted molar refractivity (Wildman–Crippen MR) is 117 cm³/mol. The Hall–Kier alpha value is -3.45. The second kappa shape index (κ2) is 9.30. The third-order valence-corrected chi connectivity index (χ3v) is 5.97. The number of amides is 1. The van der Waals surface area contributed by atoms with Crippen LogP contribution in [0.3, 0.4) is 0 Å². The van der Waals surface area contributed by atoms with Crippen molar-refractivity contribution in [3.63, 3.8) is 0 Å². The molecule has 0 saturated heterocycles. The lowest BCUT2D eigenvalue weighted by Gasteiger charge is -2.13. The molecule has 0 radical (unpaired) electrons. The number of hydrogen-bond acceptors (Lipinski definition) is 4. The van der Waals surface area contributed by atoms with Crippen molar-refractivity contribution in [3.05, 3.63) is 76.8 Å².